The summed E-state index contributed by atoms with van der Waals surface area (Å²) >= 11 is 0. The van der Waals surface area contributed by atoms with Crippen molar-refractivity contribution in [2.24, 2.45) is 11.8 Å². The Hall–Kier alpha value is -0.530. The first-order valence-electron chi connectivity index (χ1n) is 11.7. The maximum Gasteiger partial charge on any atom is 0.308 e. The highest BCUT2D eigenvalue weighted by Crippen LogP contribution is 2.19. The van der Waals surface area contributed by atoms with E-state index in [9.17, 15) is 4.79 Å². The van der Waals surface area contributed by atoms with Gasteiger partial charge in [-0.3, -0.25) is 4.79 Å². The molecule has 0 aromatic carbocycles. The van der Waals surface area contributed by atoms with E-state index in [2.05, 4.69) is 13.8 Å². The lowest BCUT2D eigenvalue weighted by Gasteiger charge is -2.11. The summed E-state index contributed by atoms with van der Waals surface area (Å²) in [6, 6.07) is 0. The van der Waals surface area contributed by atoms with Crippen molar-refractivity contribution in [3.8, 4) is 0 Å². The highest BCUT2D eigenvalue weighted by molar-refractivity contribution is 5.71. The SMILES string of the molecule is CCCCCCCCCCCC(C)CCCCCCCC(C)C(=O)OC. The number of rotatable bonds is 19. The number of hydrogen-bond acceptors (Lipinski definition) is 2. The maximum atomic E-state index is 11.3. The summed E-state index contributed by atoms with van der Waals surface area (Å²) in [4.78, 5) is 11.3. The van der Waals surface area contributed by atoms with Gasteiger partial charge in [-0.05, 0) is 12.3 Å². The van der Waals surface area contributed by atoms with Crippen LogP contribution < -0.4 is 0 Å². The first-order valence-corrected chi connectivity index (χ1v) is 11.7. The number of methoxy groups -OCH3 is 1. The third-order valence-electron chi connectivity index (χ3n) is 5.74. The summed E-state index contributed by atoms with van der Waals surface area (Å²) in [5.41, 5.74) is 0. The van der Waals surface area contributed by atoms with Gasteiger partial charge < -0.3 is 4.74 Å². The molecule has 2 heteroatoms. The van der Waals surface area contributed by atoms with Crippen LogP contribution >= 0.6 is 0 Å². The Morgan fingerprint density at radius 2 is 1.04 bits per heavy atom. The zero-order valence-electron chi connectivity index (χ0n) is 18.5. The first kappa shape index (κ1) is 25.5. The van der Waals surface area contributed by atoms with Crippen LogP contribution in [0.15, 0.2) is 0 Å². The van der Waals surface area contributed by atoms with Gasteiger partial charge in [-0.2, -0.15) is 0 Å². The first-order chi connectivity index (χ1) is 12.6. The molecule has 26 heavy (non-hydrogen) atoms. The molecule has 0 aromatic heterocycles. The Balaban J connectivity index is 3.27. The fourth-order valence-electron chi connectivity index (χ4n) is 3.74. The molecule has 156 valence electrons. The standard InChI is InChI=1S/C24H48O2/c1-5-6-7-8-9-10-11-13-16-19-22(2)20-17-14-12-15-18-21-23(3)24(25)26-4/h22-23H,5-21H2,1-4H3. The fourth-order valence-corrected chi connectivity index (χ4v) is 3.74. The second-order valence-electron chi connectivity index (χ2n) is 8.49. The molecular weight excluding hydrogens is 320 g/mol. The van der Waals surface area contributed by atoms with E-state index in [1.807, 2.05) is 6.92 Å². The summed E-state index contributed by atoms with van der Waals surface area (Å²) in [5.74, 6) is 0.908. The molecule has 0 rings (SSSR count). The van der Waals surface area contributed by atoms with E-state index in [4.69, 9.17) is 4.74 Å². The molecular formula is C24H48O2. The third-order valence-corrected chi connectivity index (χ3v) is 5.74. The molecule has 0 aromatic rings. The molecule has 2 unspecified atom stereocenters. The molecule has 0 aliphatic carbocycles. The zero-order valence-corrected chi connectivity index (χ0v) is 18.5. The van der Waals surface area contributed by atoms with Gasteiger partial charge in [0.15, 0.2) is 0 Å². The Morgan fingerprint density at radius 1 is 0.654 bits per heavy atom. The molecule has 0 amide bonds. The third kappa shape index (κ3) is 16.9. The highest BCUT2D eigenvalue weighted by atomic mass is 16.5. The van der Waals surface area contributed by atoms with Crippen molar-refractivity contribution in [3.05, 3.63) is 0 Å². The number of carbonyl (C=O) groups is 1. The van der Waals surface area contributed by atoms with Crippen LogP contribution in [0.25, 0.3) is 0 Å². The molecule has 2 atom stereocenters. The molecule has 0 aliphatic rings. The minimum atomic E-state index is -0.0599. The fraction of sp³-hybridized carbons (Fsp3) is 0.958. The predicted octanol–water partition coefficient (Wildman–Crippen LogP) is 8.08. The van der Waals surface area contributed by atoms with Crippen molar-refractivity contribution >= 4 is 5.97 Å². The van der Waals surface area contributed by atoms with Crippen molar-refractivity contribution in [2.45, 2.75) is 130 Å². The molecule has 2 nitrogen and oxygen atoms in total. The van der Waals surface area contributed by atoms with Gasteiger partial charge in [0.2, 0.25) is 0 Å². The molecule has 0 heterocycles. The second-order valence-corrected chi connectivity index (χ2v) is 8.49. The monoisotopic (exact) mass is 368 g/mol. The molecule has 0 saturated heterocycles. The summed E-state index contributed by atoms with van der Waals surface area (Å²) < 4.78 is 4.77. The lowest BCUT2D eigenvalue weighted by atomic mass is 9.95. The highest BCUT2D eigenvalue weighted by Gasteiger charge is 2.11. The largest absolute Gasteiger partial charge is 0.469 e. The van der Waals surface area contributed by atoms with E-state index in [1.54, 1.807) is 0 Å². The molecule has 0 aliphatic heterocycles. The second kappa shape index (κ2) is 19.2. The van der Waals surface area contributed by atoms with Crippen LogP contribution in [0.1, 0.15) is 130 Å². The lowest BCUT2D eigenvalue weighted by Crippen LogP contribution is -2.12. The van der Waals surface area contributed by atoms with E-state index in [0.717, 1.165) is 18.8 Å². The molecule has 0 saturated carbocycles. The predicted molar refractivity (Wildman–Crippen MR) is 115 cm³/mol. The van der Waals surface area contributed by atoms with E-state index < -0.39 is 0 Å². The van der Waals surface area contributed by atoms with Crippen LogP contribution in [0, 0.1) is 11.8 Å². The van der Waals surface area contributed by atoms with Crippen LogP contribution in [0.3, 0.4) is 0 Å². The number of carbonyl (C=O) groups excluding carboxylic acids is 1. The van der Waals surface area contributed by atoms with Crippen LogP contribution in [0.5, 0.6) is 0 Å². The van der Waals surface area contributed by atoms with Gasteiger partial charge in [0.1, 0.15) is 0 Å². The molecule has 0 bridgehead atoms. The Morgan fingerprint density at radius 3 is 1.46 bits per heavy atom. The van der Waals surface area contributed by atoms with Gasteiger partial charge in [-0.1, -0.05) is 124 Å². The number of hydrogen-bond donors (Lipinski definition) is 0. The molecule has 0 fully saturated rings. The molecule has 0 radical (unpaired) electrons. The van der Waals surface area contributed by atoms with Crippen molar-refractivity contribution < 1.29 is 9.53 Å². The molecule has 0 N–H and O–H groups in total. The van der Waals surface area contributed by atoms with Gasteiger partial charge in [-0.25, -0.2) is 0 Å². The van der Waals surface area contributed by atoms with Crippen molar-refractivity contribution in [1.82, 2.24) is 0 Å². The van der Waals surface area contributed by atoms with Crippen LogP contribution in [0.2, 0.25) is 0 Å². The average molecular weight is 369 g/mol. The van der Waals surface area contributed by atoms with E-state index in [-0.39, 0.29) is 11.9 Å². The normalized spacial score (nSPS) is 13.5. The number of unbranched alkanes of at least 4 members (excludes halogenated alkanes) is 12. The van der Waals surface area contributed by atoms with Gasteiger partial charge in [-0.15, -0.1) is 0 Å². The van der Waals surface area contributed by atoms with Crippen LogP contribution in [-0.2, 0) is 9.53 Å². The lowest BCUT2D eigenvalue weighted by molar-refractivity contribution is -0.145. The Kier molecular flexibility index (Phi) is 18.8. The van der Waals surface area contributed by atoms with Gasteiger partial charge >= 0.3 is 5.97 Å². The van der Waals surface area contributed by atoms with E-state index in [1.165, 1.54) is 103 Å². The smallest absolute Gasteiger partial charge is 0.308 e. The van der Waals surface area contributed by atoms with Crippen molar-refractivity contribution in [3.63, 3.8) is 0 Å². The van der Waals surface area contributed by atoms with Gasteiger partial charge in [0, 0.05) is 0 Å². The number of ether oxygens (including phenoxy) is 1. The summed E-state index contributed by atoms with van der Waals surface area (Å²) in [7, 11) is 1.48. The summed E-state index contributed by atoms with van der Waals surface area (Å²) in [6.45, 7) is 6.69. The number of esters is 1. The van der Waals surface area contributed by atoms with E-state index >= 15 is 0 Å². The van der Waals surface area contributed by atoms with Crippen LogP contribution in [0.4, 0.5) is 0 Å². The summed E-state index contributed by atoms with van der Waals surface area (Å²) in [6.07, 6.45) is 23.2. The van der Waals surface area contributed by atoms with Gasteiger partial charge in [0.05, 0.1) is 13.0 Å². The van der Waals surface area contributed by atoms with Crippen molar-refractivity contribution in [1.29, 1.82) is 0 Å². The minimum Gasteiger partial charge on any atom is -0.469 e. The minimum absolute atomic E-state index is 0.0599. The Bertz CT molecular complexity index is 301. The molecule has 0 spiro atoms. The quantitative estimate of drug-likeness (QED) is 0.170. The topological polar surface area (TPSA) is 26.3 Å². The Labute approximate surface area is 164 Å². The summed E-state index contributed by atoms with van der Waals surface area (Å²) in [5, 5.41) is 0. The van der Waals surface area contributed by atoms with Gasteiger partial charge in [0.25, 0.3) is 0 Å². The van der Waals surface area contributed by atoms with E-state index in [0.29, 0.717) is 0 Å². The average Bonchev–Trinajstić information content (AvgIpc) is 2.65. The maximum absolute atomic E-state index is 11.3. The zero-order chi connectivity index (χ0) is 19.5. The van der Waals surface area contributed by atoms with Crippen LogP contribution in [-0.4, -0.2) is 13.1 Å². The van der Waals surface area contributed by atoms with Crippen molar-refractivity contribution in [2.75, 3.05) is 7.11 Å².